The molecule has 0 radical (unpaired) electrons. The number of halogens is 3. The largest absolute Gasteiger partial charge is 0.503 e. The quantitative estimate of drug-likeness (QED) is 0.842. The monoisotopic (exact) mass is 271 g/mol. The van der Waals surface area contributed by atoms with Crippen molar-refractivity contribution in [1.29, 1.82) is 0 Å². The first-order chi connectivity index (χ1) is 9.01. The maximum atomic E-state index is 13.9. The molecule has 0 aromatic heterocycles. The van der Waals surface area contributed by atoms with Crippen LogP contribution in [0.4, 0.5) is 18.9 Å². The molecule has 0 fully saturated rings. The van der Waals surface area contributed by atoms with Crippen LogP contribution in [-0.2, 0) is 6.42 Å². The minimum atomic E-state index is -1.32. The van der Waals surface area contributed by atoms with Crippen LogP contribution in [0.3, 0.4) is 0 Å². The zero-order chi connectivity index (χ0) is 14.2. The van der Waals surface area contributed by atoms with E-state index < -0.39 is 30.0 Å². The van der Waals surface area contributed by atoms with Gasteiger partial charge in [-0.15, -0.1) is 0 Å². The Morgan fingerprint density at radius 2 is 1.95 bits per heavy atom. The second-order valence-corrected chi connectivity index (χ2v) is 4.02. The van der Waals surface area contributed by atoms with E-state index in [9.17, 15) is 18.3 Å². The molecule has 0 amide bonds. The fourth-order valence-corrected chi connectivity index (χ4v) is 2.08. The van der Waals surface area contributed by atoms with Crippen molar-refractivity contribution >= 4 is 16.5 Å². The van der Waals surface area contributed by atoms with E-state index in [1.54, 1.807) is 6.92 Å². The van der Waals surface area contributed by atoms with Crippen LogP contribution in [0, 0.1) is 11.6 Å². The standard InChI is InChI=1S/C13H12F3NO2/c1-2-6-3-7(17)4-8-9(6)13(19-5-14)11(16)12(18)10(8)15/h3-4,18H,2,5,17H2,1H3. The first-order valence-electron chi connectivity index (χ1n) is 5.62. The molecule has 0 saturated carbocycles. The van der Waals surface area contributed by atoms with Crippen molar-refractivity contribution in [2.75, 3.05) is 12.6 Å². The van der Waals surface area contributed by atoms with E-state index in [2.05, 4.69) is 4.74 Å². The molecule has 3 N–H and O–H groups in total. The minimum Gasteiger partial charge on any atom is -0.503 e. The van der Waals surface area contributed by atoms with Crippen molar-refractivity contribution in [2.45, 2.75) is 13.3 Å². The van der Waals surface area contributed by atoms with Gasteiger partial charge >= 0.3 is 0 Å². The van der Waals surface area contributed by atoms with E-state index in [-0.39, 0.29) is 16.5 Å². The molecule has 0 aliphatic heterocycles. The van der Waals surface area contributed by atoms with Gasteiger partial charge in [0, 0.05) is 16.5 Å². The molecule has 0 spiro atoms. The smallest absolute Gasteiger partial charge is 0.228 e. The van der Waals surface area contributed by atoms with E-state index in [1.807, 2.05) is 0 Å². The third-order valence-corrected chi connectivity index (χ3v) is 2.90. The summed E-state index contributed by atoms with van der Waals surface area (Å²) in [6.45, 7) is 0.473. The zero-order valence-electron chi connectivity index (χ0n) is 10.1. The van der Waals surface area contributed by atoms with Crippen LogP contribution in [0.1, 0.15) is 12.5 Å². The molecular formula is C13H12F3NO2. The van der Waals surface area contributed by atoms with Gasteiger partial charge in [0.2, 0.25) is 12.7 Å². The number of hydrogen-bond acceptors (Lipinski definition) is 3. The summed E-state index contributed by atoms with van der Waals surface area (Å²) in [6, 6.07) is 2.78. The lowest BCUT2D eigenvalue weighted by Crippen LogP contribution is -2.01. The lowest BCUT2D eigenvalue weighted by molar-refractivity contribution is 0.184. The highest BCUT2D eigenvalue weighted by atomic mass is 19.1. The molecule has 2 rings (SSSR count). The summed E-state index contributed by atoms with van der Waals surface area (Å²) in [5, 5.41) is 9.36. The first kappa shape index (κ1) is 13.3. The molecule has 0 aliphatic rings. The van der Waals surface area contributed by atoms with Crippen molar-refractivity contribution in [3.63, 3.8) is 0 Å². The molecule has 2 aromatic carbocycles. The third kappa shape index (κ3) is 2.03. The SMILES string of the molecule is CCc1cc(N)cc2c(F)c(O)c(F)c(OCF)c12. The predicted molar refractivity (Wildman–Crippen MR) is 65.9 cm³/mol. The molecule has 3 nitrogen and oxygen atoms in total. The van der Waals surface area contributed by atoms with Gasteiger partial charge in [-0.2, -0.15) is 4.39 Å². The van der Waals surface area contributed by atoms with E-state index in [1.165, 1.54) is 12.1 Å². The topological polar surface area (TPSA) is 55.5 Å². The molecule has 19 heavy (non-hydrogen) atoms. The summed E-state index contributed by atoms with van der Waals surface area (Å²) in [5.41, 5.74) is 6.40. The van der Waals surface area contributed by atoms with E-state index in [0.29, 0.717) is 12.0 Å². The fourth-order valence-electron chi connectivity index (χ4n) is 2.08. The Kier molecular flexibility index (Phi) is 3.42. The van der Waals surface area contributed by atoms with Crippen molar-refractivity contribution in [3.05, 3.63) is 29.3 Å². The molecule has 0 heterocycles. The number of hydrogen-bond donors (Lipinski definition) is 2. The van der Waals surface area contributed by atoms with Gasteiger partial charge in [0.25, 0.3) is 0 Å². The highest BCUT2D eigenvalue weighted by Crippen LogP contribution is 2.41. The maximum Gasteiger partial charge on any atom is 0.228 e. The minimum absolute atomic E-state index is 0.0853. The van der Waals surface area contributed by atoms with Gasteiger partial charge in [-0.3, -0.25) is 0 Å². The second-order valence-electron chi connectivity index (χ2n) is 4.02. The zero-order valence-corrected chi connectivity index (χ0v) is 10.1. The number of benzene rings is 2. The lowest BCUT2D eigenvalue weighted by Gasteiger charge is -2.14. The molecule has 6 heteroatoms. The van der Waals surface area contributed by atoms with Crippen molar-refractivity contribution < 1.29 is 23.0 Å². The number of phenolic OH excluding ortho intramolecular Hbond substituents is 1. The van der Waals surface area contributed by atoms with Gasteiger partial charge in [-0.1, -0.05) is 6.92 Å². The number of fused-ring (bicyclic) bond motifs is 1. The number of nitrogen functional groups attached to an aromatic ring is 1. The van der Waals surface area contributed by atoms with Crippen LogP contribution in [0.2, 0.25) is 0 Å². The van der Waals surface area contributed by atoms with Crippen LogP contribution < -0.4 is 10.5 Å². The fraction of sp³-hybridized carbons (Fsp3) is 0.231. The van der Waals surface area contributed by atoms with Gasteiger partial charge in [-0.25, -0.2) is 8.78 Å². The summed E-state index contributed by atoms with van der Waals surface area (Å²) in [5.74, 6) is -4.17. The Labute approximate surface area is 107 Å². The first-order valence-corrected chi connectivity index (χ1v) is 5.62. The molecule has 0 unspecified atom stereocenters. The van der Waals surface area contributed by atoms with E-state index >= 15 is 0 Å². The maximum absolute atomic E-state index is 13.9. The number of nitrogens with two attached hydrogens (primary N) is 1. The molecule has 0 saturated heterocycles. The van der Waals surface area contributed by atoms with Crippen LogP contribution in [0.15, 0.2) is 12.1 Å². The Balaban J connectivity index is 2.98. The van der Waals surface area contributed by atoms with Gasteiger partial charge in [-0.05, 0) is 24.1 Å². The van der Waals surface area contributed by atoms with Crippen molar-refractivity contribution in [3.8, 4) is 11.5 Å². The van der Waals surface area contributed by atoms with Gasteiger partial charge in [0.05, 0.1) is 0 Å². The second kappa shape index (κ2) is 4.87. The highest BCUT2D eigenvalue weighted by molar-refractivity contribution is 5.95. The Bertz CT molecular complexity index is 644. The van der Waals surface area contributed by atoms with Crippen LogP contribution in [-0.4, -0.2) is 12.0 Å². The number of aryl methyl sites for hydroxylation is 1. The number of ether oxygens (including phenoxy) is 1. The molecule has 102 valence electrons. The Morgan fingerprint density at radius 1 is 1.26 bits per heavy atom. The van der Waals surface area contributed by atoms with Crippen LogP contribution in [0.25, 0.3) is 10.8 Å². The van der Waals surface area contributed by atoms with E-state index in [0.717, 1.165) is 0 Å². The Hall–Kier alpha value is -2.11. The number of phenols is 1. The summed E-state index contributed by atoms with van der Waals surface area (Å²) >= 11 is 0. The summed E-state index contributed by atoms with van der Waals surface area (Å²) in [7, 11) is 0. The highest BCUT2D eigenvalue weighted by Gasteiger charge is 2.23. The van der Waals surface area contributed by atoms with Gasteiger partial charge in [0.1, 0.15) is 0 Å². The third-order valence-electron chi connectivity index (χ3n) is 2.90. The average Bonchev–Trinajstić information content (AvgIpc) is 2.40. The molecule has 0 atom stereocenters. The summed E-state index contributed by atoms with van der Waals surface area (Å²) in [6.07, 6.45) is 0.424. The normalized spacial score (nSPS) is 10.9. The van der Waals surface area contributed by atoms with E-state index in [4.69, 9.17) is 5.73 Å². The van der Waals surface area contributed by atoms with Crippen LogP contribution >= 0.6 is 0 Å². The van der Waals surface area contributed by atoms with Crippen molar-refractivity contribution in [2.24, 2.45) is 0 Å². The number of alkyl halides is 1. The number of anilines is 1. The average molecular weight is 271 g/mol. The van der Waals surface area contributed by atoms with Crippen molar-refractivity contribution in [1.82, 2.24) is 0 Å². The van der Waals surface area contributed by atoms with Gasteiger partial charge < -0.3 is 15.6 Å². The molecule has 0 bridgehead atoms. The number of aromatic hydroxyl groups is 1. The molecule has 0 aliphatic carbocycles. The van der Waals surface area contributed by atoms with Gasteiger partial charge in [0.15, 0.2) is 17.3 Å². The summed E-state index contributed by atoms with van der Waals surface area (Å²) in [4.78, 5) is 0. The lowest BCUT2D eigenvalue weighted by atomic mass is 9.99. The Morgan fingerprint density at radius 3 is 2.53 bits per heavy atom. The molecular weight excluding hydrogens is 259 g/mol. The number of rotatable bonds is 3. The van der Waals surface area contributed by atoms with Crippen LogP contribution in [0.5, 0.6) is 11.5 Å². The molecule has 2 aromatic rings. The summed E-state index contributed by atoms with van der Waals surface area (Å²) < 4.78 is 44.6. The predicted octanol–water partition coefficient (Wildman–Crippen LogP) is 3.27.